The molecule has 6 nitrogen and oxygen atoms in total. The molecule has 2 heterocycles. The first-order valence-corrected chi connectivity index (χ1v) is 7.45. The van der Waals surface area contributed by atoms with Crippen molar-refractivity contribution in [1.29, 1.82) is 0 Å². The van der Waals surface area contributed by atoms with Crippen molar-refractivity contribution in [2.75, 3.05) is 31.6 Å². The lowest BCUT2D eigenvalue weighted by Gasteiger charge is -2.28. The summed E-state index contributed by atoms with van der Waals surface area (Å²) in [6, 6.07) is 5.79. The lowest BCUT2D eigenvalue weighted by atomic mass is 10.1. The SMILES string of the molecule is O=[N+]([O-])c1cc(Br)ccc1N[C@@H]1C[C@@H]2COCCN2C1. The fraction of sp³-hybridized carbons (Fsp3) is 0.538. The lowest BCUT2D eigenvalue weighted by Crippen LogP contribution is -2.40. The summed E-state index contributed by atoms with van der Waals surface area (Å²) in [7, 11) is 0. The van der Waals surface area contributed by atoms with Crippen LogP contribution in [0.25, 0.3) is 0 Å². The Kier molecular flexibility index (Phi) is 3.91. The average Bonchev–Trinajstić information content (AvgIpc) is 2.82. The molecule has 2 aliphatic heterocycles. The molecule has 1 N–H and O–H groups in total. The van der Waals surface area contributed by atoms with Gasteiger partial charge in [-0.25, -0.2) is 0 Å². The molecule has 0 bridgehead atoms. The van der Waals surface area contributed by atoms with E-state index in [1.165, 1.54) is 6.07 Å². The maximum atomic E-state index is 11.1. The fourth-order valence-corrected chi connectivity index (χ4v) is 3.28. The topological polar surface area (TPSA) is 67.6 Å². The van der Waals surface area contributed by atoms with E-state index in [-0.39, 0.29) is 16.7 Å². The molecule has 1 aromatic rings. The largest absolute Gasteiger partial charge is 0.378 e. The van der Waals surface area contributed by atoms with Crippen molar-refractivity contribution in [2.45, 2.75) is 18.5 Å². The van der Waals surface area contributed by atoms with Crippen LogP contribution in [0.15, 0.2) is 22.7 Å². The molecule has 3 rings (SSSR count). The maximum absolute atomic E-state index is 11.1. The van der Waals surface area contributed by atoms with E-state index in [4.69, 9.17) is 4.74 Å². The van der Waals surface area contributed by atoms with Crippen molar-refractivity contribution in [3.05, 3.63) is 32.8 Å². The highest BCUT2D eigenvalue weighted by molar-refractivity contribution is 9.10. The van der Waals surface area contributed by atoms with Crippen molar-refractivity contribution in [2.24, 2.45) is 0 Å². The summed E-state index contributed by atoms with van der Waals surface area (Å²) in [5.41, 5.74) is 0.699. The fourth-order valence-electron chi connectivity index (χ4n) is 2.94. The van der Waals surface area contributed by atoms with Gasteiger partial charge in [0, 0.05) is 35.7 Å². The molecule has 0 aliphatic carbocycles. The molecule has 0 radical (unpaired) electrons. The molecule has 2 fully saturated rings. The number of nitro benzene ring substituents is 1. The van der Waals surface area contributed by atoms with E-state index in [0.29, 0.717) is 16.2 Å². The van der Waals surface area contributed by atoms with Gasteiger partial charge in [0.25, 0.3) is 5.69 Å². The van der Waals surface area contributed by atoms with Crippen LogP contribution in [0.3, 0.4) is 0 Å². The number of ether oxygens (including phenoxy) is 1. The molecule has 0 unspecified atom stereocenters. The van der Waals surface area contributed by atoms with Crippen molar-refractivity contribution < 1.29 is 9.66 Å². The van der Waals surface area contributed by atoms with Crippen LogP contribution in [0.1, 0.15) is 6.42 Å². The zero-order chi connectivity index (χ0) is 14.1. The van der Waals surface area contributed by atoms with Gasteiger partial charge in [0.2, 0.25) is 0 Å². The van der Waals surface area contributed by atoms with Gasteiger partial charge in [0.15, 0.2) is 0 Å². The second-order valence-corrected chi connectivity index (χ2v) is 6.13. The normalized spacial score (nSPS) is 26.2. The molecule has 0 aromatic heterocycles. The number of rotatable bonds is 3. The number of fused-ring (bicyclic) bond motifs is 1. The molecule has 2 aliphatic rings. The maximum Gasteiger partial charge on any atom is 0.293 e. The van der Waals surface area contributed by atoms with Gasteiger partial charge in [-0.05, 0) is 18.6 Å². The van der Waals surface area contributed by atoms with Gasteiger partial charge >= 0.3 is 0 Å². The van der Waals surface area contributed by atoms with Crippen LogP contribution < -0.4 is 5.32 Å². The monoisotopic (exact) mass is 341 g/mol. The van der Waals surface area contributed by atoms with Crippen LogP contribution in [0.2, 0.25) is 0 Å². The highest BCUT2D eigenvalue weighted by Crippen LogP contribution is 2.31. The van der Waals surface area contributed by atoms with Gasteiger partial charge in [-0.2, -0.15) is 0 Å². The zero-order valence-electron chi connectivity index (χ0n) is 10.9. The van der Waals surface area contributed by atoms with E-state index < -0.39 is 0 Å². The number of morpholine rings is 1. The second kappa shape index (κ2) is 5.67. The zero-order valence-corrected chi connectivity index (χ0v) is 12.5. The Hall–Kier alpha value is -1.18. The third-order valence-corrected chi connectivity index (χ3v) is 4.37. The number of nitro groups is 1. The number of benzene rings is 1. The average molecular weight is 342 g/mol. The van der Waals surface area contributed by atoms with E-state index in [0.717, 1.165) is 32.7 Å². The molecule has 108 valence electrons. The first kappa shape index (κ1) is 13.8. The first-order chi connectivity index (χ1) is 9.63. The molecule has 0 spiro atoms. The van der Waals surface area contributed by atoms with Crippen LogP contribution in [0, 0.1) is 10.1 Å². The molecule has 1 aromatic carbocycles. The van der Waals surface area contributed by atoms with Gasteiger partial charge < -0.3 is 10.1 Å². The highest BCUT2D eigenvalue weighted by Gasteiger charge is 2.34. The summed E-state index contributed by atoms with van der Waals surface area (Å²) in [5.74, 6) is 0. The van der Waals surface area contributed by atoms with Gasteiger partial charge in [-0.3, -0.25) is 15.0 Å². The standard InChI is InChI=1S/C13H16BrN3O3/c14-9-1-2-12(13(5-9)17(18)19)15-10-6-11-8-20-4-3-16(11)7-10/h1-2,5,10-11,15H,3-4,6-8H2/t10-,11-/m1/s1. The molecule has 0 saturated carbocycles. The number of nitrogens with zero attached hydrogens (tertiary/aromatic N) is 2. The quantitative estimate of drug-likeness (QED) is 0.674. The Morgan fingerprint density at radius 1 is 1.50 bits per heavy atom. The number of anilines is 1. The number of hydrogen-bond acceptors (Lipinski definition) is 5. The smallest absolute Gasteiger partial charge is 0.293 e. The minimum absolute atomic E-state index is 0.112. The van der Waals surface area contributed by atoms with Gasteiger partial charge in [0.1, 0.15) is 5.69 Å². The Bertz CT molecular complexity index is 512. The number of nitrogens with one attached hydrogen (secondary N) is 1. The Morgan fingerprint density at radius 3 is 3.10 bits per heavy atom. The van der Waals surface area contributed by atoms with Gasteiger partial charge in [0.05, 0.1) is 18.1 Å². The minimum atomic E-state index is -0.349. The molecular formula is C13H16BrN3O3. The van der Waals surface area contributed by atoms with E-state index in [2.05, 4.69) is 26.1 Å². The van der Waals surface area contributed by atoms with Crippen molar-refractivity contribution in [1.82, 2.24) is 4.90 Å². The van der Waals surface area contributed by atoms with Gasteiger partial charge in [-0.1, -0.05) is 15.9 Å². The first-order valence-electron chi connectivity index (χ1n) is 6.66. The van der Waals surface area contributed by atoms with Crippen LogP contribution in [-0.2, 0) is 4.74 Å². The number of hydrogen-bond donors (Lipinski definition) is 1. The van der Waals surface area contributed by atoms with Crippen molar-refractivity contribution >= 4 is 27.3 Å². The molecule has 2 atom stereocenters. The molecular weight excluding hydrogens is 326 g/mol. The molecule has 2 saturated heterocycles. The number of halogens is 1. The summed E-state index contributed by atoms with van der Waals surface area (Å²) >= 11 is 3.27. The van der Waals surface area contributed by atoms with Crippen LogP contribution >= 0.6 is 15.9 Å². The predicted molar refractivity (Wildman–Crippen MR) is 79.0 cm³/mol. The van der Waals surface area contributed by atoms with E-state index in [1.807, 2.05) is 6.07 Å². The highest BCUT2D eigenvalue weighted by atomic mass is 79.9. The summed E-state index contributed by atoms with van der Waals surface area (Å²) in [6.07, 6.45) is 0.965. The van der Waals surface area contributed by atoms with Crippen LogP contribution in [0.5, 0.6) is 0 Å². The molecule has 20 heavy (non-hydrogen) atoms. The Balaban J connectivity index is 1.73. The third kappa shape index (κ3) is 2.79. The summed E-state index contributed by atoms with van der Waals surface area (Å²) in [4.78, 5) is 13.2. The predicted octanol–water partition coefficient (Wildman–Crippen LogP) is 2.24. The third-order valence-electron chi connectivity index (χ3n) is 3.88. The molecule has 0 amide bonds. The Morgan fingerprint density at radius 2 is 2.35 bits per heavy atom. The van der Waals surface area contributed by atoms with Gasteiger partial charge in [-0.15, -0.1) is 0 Å². The van der Waals surface area contributed by atoms with Crippen molar-refractivity contribution in [3.8, 4) is 0 Å². The van der Waals surface area contributed by atoms with Crippen LogP contribution in [-0.4, -0.2) is 48.2 Å². The van der Waals surface area contributed by atoms with Crippen molar-refractivity contribution in [3.63, 3.8) is 0 Å². The molecule has 7 heteroatoms. The minimum Gasteiger partial charge on any atom is -0.378 e. The Labute approximate surface area is 125 Å². The lowest BCUT2D eigenvalue weighted by molar-refractivity contribution is -0.384. The summed E-state index contributed by atoms with van der Waals surface area (Å²) in [5, 5.41) is 14.4. The second-order valence-electron chi connectivity index (χ2n) is 5.22. The van der Waals surface area contributed by atoms with Crippen LogP contribution in [0.4, 0.5) is 11.4 Å². The van der Waals surface area contributed by atoms with E-state index >= 15 is 0 Å². The van der Waals surface area contributed by atoms with E-state index in [9.17, 15) is 10.1 Å². The van der Waals surface area contributed by atoms with E-state index in [1.54, 1.807) is 6.07 Å². The summed E-state index contributed by atoms with van der Waals surface area (Å²) in [6.45, 7) is 3.41. The summed E-state index contributed by atoms with van der Waals surface area (Å²) < 4.78 is 6.19.